The van der Waals surface area contributed by atoms with E-state index in [2.05, 4.69) is 27.6 Å². The molecule has 144 valence electrons. The average Bonchev–Trinajstić information content (AvgIpc) is 2.92. The van der Waals surface area contributed by atoms with Crippen molar-refractivity contribution in [3.63, 3.8) is 0 Å². The zero-order valence-corrected chi connectivity index (χ0v) is 16.2. The molecule has 2 heterocycles. The van der Waals surface area contributed by atoms with Crippen molar-refractivity contribution in [3.8, 4) is 0 Å². The van der Waals surface area contributed by atoms with E-state index in [0.29, 0.717) is 11.3 Å². The summed E-state index contributed by atoms with van der Waals surface area (Å²) in [5, 5.41) is 7.85. The molecule has 0 saturated heterocycles. The number of nitrogen functional groups attached to an aromatic ring is 1. The van der Waals surface area contributed by atoms with Crippen molar-refractivity contribution in [2.45, 2.75) is 11.1 Å². The molecule has 3 aromatic rings. The second-order valence-electron chi connectivity index (χ2n) is 5.03. The number of nitrogens with two attached hydrogens (primary N) is 1. The lowest BCUT2D eigenvalue weighted by molar-refractivity contribution is -0.192. The third-order valence-corrected chi connectivity index (χ3v) is 5.65. The highest BCUT2D eigenvalue weighted by atomic mass is 127. The SMILES string of the molecule is Nc1cnc2c(c1)c(I)cn2S(=O)(=O)c1ccccc1.O=C(O)C(F)(F)F. The number of anilines is 1. The van der Waals surface area contributed by atoms with Gasteiger partial charge in [-0.2, -0.15) is 13.2 Å². The lowest BCUT2D eigenvalue weighted by Gasteiger charge is -2.06. The Balaban J connectivity index is 0.000000321. The second kappa shape index (κ2) is 7.72. The van der Waals surface area contributed by atoms with Crippen LogP contribution in [0.2, 0.25) is 0 Å². The number of halogens is 4. The van der Waals surface area contributed by atoms with Crippen LogP contribution in [0.4, 0.5) is 18.9 Å². The Kier molecular flexibility index (Phi) is 5.99. The van der Waals surface area contributed by atoms with Gasteiger partial charge in [-0.25, -0.2) is 22.2 Å². The lowest BCUT2D eigenvalue weighted by atomic mass is 10.3. The Bertz CT molecular complexity index is 1080. The van der Waals surface area contributed by atoms with E-state index in [0.717, 1.165) is 8.96 Å². The van der Waals surface area contributed by atoms with Crippen LogP contribution >= 0.6 is 22.6 Å². The third-order valence-electron chi connectivity index (χ3n) is 3.13. The summed E-state index contributed by atoms with van der Waals surface area (Å²) in [4.78, 5) is 13.3. The van der Waals surface area contributed by atoms with Crippen molar-refractivity contribution in [3.05, 3.63) is 52.4 Å². The van der Waals surface area contributed by atoms with E-state index in [1.54, 1.807) is 42.6 Å². The Hall–Kier alpha value is -2.35. The van der Waals surface area contributed by atoms with Gasteiger partial charge < -0.3 is 10.8 Å². The van der Waals surface area contributed by atoms with Gasteiger partial charge in [-0.3, -0.25) is 0 Å². The summed E-state index contributed by atoms with van der Waals surface area (Å²) in [5.41, 5.74) is 6.58. The van der Waals surface area contributed by atoms with Gasteiger partial charge in [-0.15, -0.1) is 0 Å². The highest BCUT2D eigenvalue weighted by Gasteiger charge is 2.38. The number of nitrogens with zero attached hydrogens (tertiary/aromatic N) is 2. The zero-order valence-electron chi connectivity index (χ0n) is 13.2. The Labute approximate surface area is 164 Å². The number of pyridine rings is 1. The number of fused-ring (bicyclic) bond motifs is 1. The molecule has 0 saturated carbocycles. The number of hydrogen-bond acceptors (Lipinski definition) is 5. The molecule has 0 fully saturated rings. The molecular weight excluding hydrogens is 502 g/mol. The highest BCUT2D eigenvalue weighted by Crippen LogP contribution is 2.26. The quantitative estimate of drug-likeness (QED) is 0.510. The fraction of sp³-hybridized carbons (Fsp3) is 0.0667. The molecule has 27 heavy (non-hydrogen) atoms. The van der Waals surface area contributed by atoms with Crippen LogP contribution in [0.1, 0.15) is 0 Å². The van der Waals surface area contributed by atoms with Crippen LogP contribution < -0.4 is 5.73 Å². The number of benzene rings is 1. The highest BCUT2D eigenvalue weighted by molar-refractivity contribution is 14.1. The molecule has 0 aliphatic rings. The molecule has 0 aliphatic carbocycles. The summed E-state index contributed by atoms with van der Waals surface area (Å²) >= 11 is 2.07. The molecule has 2 aromatic heterocycles. The predicted octanol–water partition coefficient (Wildman–Crippen LogP) is 3.09. The first-order valence-electron chi connectivity index (χ1n) is 6.97. The zero-order chi connectivity index (χ0) is 20.4. The minimum Gasteiger partial charge on any atom is -0.475 e. The number of aromatic nitrogens is 2. The summed E-state index contributed by atoms with van der Waals surface area (Å²) in [6, 6.07) is 10.00. The number of carbonyl (C=O) groups is 1. The van der Waals surface area contributed by atoms with Crippen molar-refractivity contribution in [2.24, 2.45) is 0 Å². The molecule has 1 aromatic carbocycles. The van der Waals surface area contributed by atoms with E-state index in [4.69, 9.17) is 15.6 Å². The van der Waals surface area contributed by atoms with Gasteiger partial charge in [0.15, 0.2) is 5.65 Å². The lowest BCUT2D eigenvalue weighted by Crippen LogP contribution is -2.21. The van der Waals surface area contributed by atoms with Gasteiger partial charge in [-0.05, 0) is 40.8 Å². The summed E-state index contributed by atoms with van der Waals surface area (Å²) in [6.45, 7) is 0. The number of alkyl halides is 3. The molecule has 0 atom stereocenters. The van der Waals surface area contributed by atoms with Gasteiger partial charge in [0.1, 0.15) is 0 Å². The third kappa shape index (κ3) is 4.68. The molecule has 0 spiro atoms. The normalized spacial score (nSPS) is 11.7. The number of carboxylic acids is 1. The molecule has 0 amide bonds. The van der Waals surface area contributed by atoms with Gasteiger partial charge in [0, 0.05) is 15.2 Å². The monoisotopic (exact) mass is 513 g/mol. The van der Waals surface area contributed by atoms with Crippen molar-refractivity contribution in [1.29, 1.82) is 0 Å². The molecule has 0 aliphatic heterocycles. The summed E-state index contributed by atoms with van der Waals surface area (Å²) in [6.07, 6.45) is -2.07. The maximum atomic E-state index is 12.6. The van der Waals surface area contributed by atoms with Gasteiger partial charge in [0.25, 0.3) is 10.0 Å². The minimum atomic E-state index is -5.08. The van der Waals surface area contributed by atoms with Crippen LogP contribution in [0.25, 0.3) is 11.0 Å². The number of rotatable bonds is 2. The fourth-order valence-electron chi connectivity index (χ4n) is 1.95. The number of aliphatic carboxylic acids is 1. The first kappa shape index (κ1) is 21.0. The summed E-state index contributed by atoms with van der Waals surface area (Å²) in [5.74, 6) is -2.76. The Morgan fingerprint density at radius 2 is 1.78 bits per heavy atom. The standard InChI is InChI=1S/C13H10IN3O2S.C2HF3O2/c14-12-8-17(13-11(12)6-9(15)7-16-13)20(18,19)10-4-2-1-3-5-10;3-2(4,5)1(6)7/h1-8H,15H2;(H,6,7). The number of hydrogen-bond donors (Lipinski definition) is 2. The molecule has 0 bridgehead atoms. The maximum absolute atomic E-state index is 12.6. The largest absolute Gasteiger partial charge is 0.490 e. The van der Waals surface area contributed by atoms with Gasteiger partial charge in [0.2, 0.25) is 0 Å². The van der Waals surface area contributed by atoms with Gasteiger partial charge in [-0.1, -0.05) is 18.2 Å². The molecule has 0 unspecified atom stereocenters. The van der Waals surface area contributed by atoms with E-state index in [-0.39, 0.29) is 4.90 Å². The smallest absolute Gasteiger partial charge is 0.475 e. The van der Waals surface area contributed by atoms with E-state index >= 15 is 0 Å². The molecular formula is C15H11F3IN3O4S. The first-order valence-corrected chi connectivity index (χ1v) is 9.49. The summed E-state index contributed by atoms with van der Waals surface area (Å²) < 4.78 is 59.0. The Morgan fingerprint density at radius 3 is 2.30 bits per heavy atom. The van der Waals surface area contributed by atoms with Crippen LogP contribution in [0.15, 0.2) is 53.7 Å². The molecule has 3 rings (SSSR count). The van der Waals surface area contributed by atoms with Crippen LogP contribution in [0.5, 0.6) is 0 Å². The first-order chi connectivity index (χ1) is 12.4. The van der Waals surface area contributed by atoms with Crippen molar-refractivity contribution >= 4 is 55.3 Å². The topological polar surface area (TPSA) is 115 Å². The molecule has 0 radical (unpaired) electrons. The van der Waals surface area contributed by atoms with Crippen LogP contribution in [-0.4, -0.2) is 34.6 Å². The van der Waals surface area contributed by atoms with Crippen LogP contribution in [-0.2, 0) is 14.8 Å². The van der Waals surface area contributed by atoms with Crippen LogP contribution in [0.3, 0.4) is 0 Å². The summed E-state index contributed by atoms with van der Waals surface area (Å²) in [7, 11) is -3.65. The Morgan fingerprint density at radius 1 is 1.22 bits per heavy atom. The maximum Gasteiger partial charge on any atom is 0.490 e. The molecule has 3 N–H and O–H groups in total. The predicted molar refractivity (Wildman–Crippen MR) is 99.6 cm³/mol. The van der Waals surface area contributed by atoms with E-state index in [9.17, 15) is 21.6 Å². The van der Waals surface area contributed by atoms with Crippen LogP contribution in [0, 0.1) is 3.57 Å². The average molecular weight is 513 g/mol. The van der Waals surface area contributed by atoms with E-state index in [1.165, 1.54) is 10.2 Å². The van der Waals surface area contributed by atoms with E-state index in [1.807, 2.05) is 0 Å². The van der Waals surface area contributed by atoms with Crippen molar-refractivity contribution in [2.75, 3.05) is 5.73 Å². The van der Waals surface area contributed by atoms with E-state index < -0.39 is 22.2 Å². The van der Waals surface area contributed by atoms with Gasteiger partial charge in [0.05, 0.1) is 16.8 Å². The molecule has 12 heteroatoms. The number of carboxylic acid groups (broad SMARTS) is 1. The molecule has 7 nitrogen and oxygen atoms in total. The van der Waals surface area contributed by atoms with Crippen molar-refractivity contribution in [1.82, 2.24) is 8.96 Å². The van der Waals surface area contributed by atoms with Crippen molar-refractivity contribution < 1.29 is 31.5 Å². The second-order valence-corrected chi connectivity index (χ2v) is 8.01. The minimum absolute atomic E-state index is 0.229. The van der Waals surface area contributed by atoms with Gasteiger partial charge >= 0.3 is 12.1 Å². The fourth-order valence-corrected chi connectivity index (χ4v) is 4.16.